The number of hydrogen-bond acceptors (Lipinski definition) is 2. The lowest BCUT2D eigenvalue weighted by atomic mass is 9.97. The van der Waals surface area contributed by atoms with E-state index >= 15 is 0 Å². The fraction of sp³-hybridized carbons (Fsp3) is 0.233. The van der Waals surface area contributed by atoms with Crippen molar-refractivity contribution < 1.29 is 4.42 Å². The maximum absolute atomic E-state index is 6.15. The van der Waals surface area contributed by atoms with Crippen LogP contribution in [0.4, 0.5) is 0 Å². The number of aromatic nitrogens is 1. The molecule has 0 saturated carbocycles. The SMILES string of the molecule is C1=Cc2c(oc3c4c(ccc23)CN=C/C=C\C4)CC1.CC.Cn1cccc1-c1ccccc1. The fourth-order valence-corrected chi connectivity index (χ4v) is 4.31. The average molecular weight is 437 g/mol. The molecule has 4 aromatic rings. The van der Waals surface area contributed by atoms with Crippen LogP contribution in [-0.4, -0.2) is 10.8 Å². The summed E-state index contributed by atoms with van der Waals surface area (Å²) >= 11 is 0. The first kappa shape index (κ1) is 22.6. The molecule has 1 aliphatic heterocycles. The lowest BCUT2D eigenvalue weighted by molar-refractivity contribution is 0.543. The van der Waals surface area contributed by atoms with E-state index in [0.29, 0.717) is 0 Å². The Balaban J connectivity index is 0.000000160. The molecule has 0 fully saturated rings. The highest BCUT2D eigenvalue weighted by atomic mass is 16.3. The zero-order chi connectivity index (χ0) is 23.0. The highest BCUT2D eigenvalue weighted by Crippen LogP contribution is 2.35. The number of nitrogens with zero attached hydrogens (tertiary/aromatic N) is 2. The van der Waals surface area contributed by atoms with E-state index in [2.05, 4.69) is 89.6 Å². The van der Waals surface area contributed by atoms with Crippen LogP contribution in [0.2, 0.25) is 0 Å². The third-order valence-corrected chi connectivity index (χ3v) is 5.92. The summed E-state index contributed by atoms with van der Waals surface area (Å²) in [5.41, 5.74) is 7.45. The summed E-state index contributed by atoms with van der Waals surface area (Å²) in [5, 5.41) is 1.25. The van der Waals surface area contributed by atoms with Gasteiger partial charge >= 0.3 is 0 Å². The van der Waals surface area contributed by atoms with Crippen LogP contribution in [0.15, 0.2) is 88.4 Å². The predicted octanol–water partition coefficient (Wildman–Crippen LogP) is 7.79. The van der Waals surface area contributed by atoms with Crippen molar-refractivity contribution in [3.63, 3.8) is 0 Å². The Bertz CT molecular complexity index is 1290. The molecule has 3 heterocycles. The second-order valence-electron chi connectivity index (χ2n) is 7.95. The molecule has 3 heteroatoms. The van der Waals surface area contributed by atoms with Crippen molar-refractivity contribution in [1.29, 1.82) is 0 Å². The molecule has 33 heavy (non-hydrogen) atoms. The van der Waals surface area contributed by atoms with Crippen LogP contribution in [0.3, 0.4) is 0 Å². The molecule has 0 radical (unpaired) electrons. The second-order valence-corrected chi connectivity index (χ2v) is 7.95. The van der Waals surface area contributed by atoms with Gasteiger partial charge in [0, 0.05) is 48.1 Å². The molecule has 0 N–H and O–H groups in total. The van der Waals surface area contributed by atoms with Gasteiger partial charge in [-0.3, -0.25) is 4.99 Å². The summed E-state index contributed by atoms with van der Waals surface area (Å²) < 4.78 is 8.27. The molecule has 1 aliphatic carbocycles. The number of aryl methyl sites for hydroxylation is 2. The molecular formula is C30H32N2O. The van der Waals surface area contributed by atoms with Gasteiger partial charge in [0.25, 0.3) is 0 Å². The minimum Gasteiger partial charge on any atom is -0.460 e. The van der Waals surface area contributed by atoms with Crippen molar-refractivity contribution in [2.24, 2.45) is 12.0 Å². The van der Waals surface area contributed by atoms with Gasteiger partial charge in [0.05, 0.1) is 6.54 Å². The van der Waals surface area contributed by atoms with Gasteiger partial charge in [-0.2, -0.15) is 0 Å². The lowest BCUT2D eigenvalue weighted by Gasteiger charge is -2.08. The number of allylic oxidation sites excluding steroid dienone is 3. The van der Waals surface area contributed by atoms with Gasteiger partial charge in [-0.25, -0.2) is 0 Å². The molecule has 0 atom stereocenters. The molecular weight excluding hydrogens is 404 g/mol. The first-order chi connectivity index (χ1) is 16.3. The number of fused-ring (bicyclic) bond motifs is 5. The zero-order valence-electron chi connectivity index (χ0n) is 19.8. The first-order valence-corrected chi connectivity index (χ1v) is 11.9. The summed E-state index contributed by atoms with van der Waals surface area (Å²) in [4.78, 5) is 4.39. The standard InChI is InChI=1S/C17H15NO.C11H11N.C2H6/c1-2-7-16-14(6-1)15-9-8-12-11-18-10-4-3-5-13(12)17(15)19-16;1-12-9-5-8-11(12)10-6-3-2-4-7-10;1-2/h1,3-4,6,8-10H,2,5,7,11H2;2-9H,1H3;1-2H3/b4-3-,18-10?;;. The van der Waals surface area contributed by atoms with E-state index in [1.807, 2.05) is 32.2 Å². The maximum atomic E-state index is 6.15. The molecule has 3 nitrogen and oxygen atoms in total. The van der Waals surface area contributed by atoms with Crippen molar-refractivity contribution in [3.8, 4) is 11.3 Å². The third kappa shape index (κ3) is 4.93. The Kier molecular flexibility index (Phi) is 7.41. The quantitative estimate of drug-likeness (QED) is 0.299. The summed E-state index contributed by atoms with van der Waals surface area (Å²) in [6, 6.07) is 19.0. The molecule has 168 valence electrons. The smallest absolute Gasteiger partial charge is 0.138 e. The van der Waals surface area contributed by atoms with E-state index in [0.717, 1.165) is 37.2 Å². The van der Waals surface area contributed by atoms with Crippen molar-refractivity contribution in [1.82, 2.24) is 4.57 Å². The number of rotatable bonds is 1. The molecule has 0 bridgehead atoms. The normalized spacial score (nSPS) is 14.6. The van der Waals surface area contributed by atoms with Gasteiger partial charge in [-0.1, -0.05) is 74.5 Å². The van der Waals surface area contributed by atoms with Gasteiger partial charge in [-0.15, -0.1) is 0 Å². The zero-order valence-corrected chi connectivity index (χ0v) is 19.8. The van der Waals surface area contributed by atoms with Crippen LogP contribution < -0.4 is 0 Å². The molecule has 2 aliphatic rings. The fourth-order valence-electron chi connectivity index (χ4n) is 4.31. The van der Waals surface area contributed by atoms with Gasteiger partial charge in [0.15, 0.2) is 0 Å². The molecule has 2 aromatic carbocycles. The molecule has 6 rings (SSSR count). The summed E-state index contributed by atoms with van der Waals surface area (Å²) in [6.07, 6.45) is 15.6. The largest absolute Gasteiger partial charge is 0.460 e. The number of furan rings is 1. The van der Waals surface area contributed by atoms with Crippen molar-refractivity contribution >= 4 is 23.3 Å². The third-order valence-electron chi connectivity index (χ3n) is 5.92. The summed E-state index contributed by atoms with van der Waals surface area (Å²) in [6.45, 7) is 4.75. The number of aliphatic imine (C=N–C) groups is 1. The summed E-state index contributed by atoms with van der Waals surface area (Å²) in [7, 11) is 2.06. The average Bonchev–Trinajstić information content (AvgIpc) is 3.45. The van der Waals surface area contributed by atoms with E-state index in [-0.39, 0.29) is 0 Å². The van der Waals surface area contributed by atoms with Crippen molar-refractivity contribution in [2.45, 2.75) is 39.7 Å². The highest BCUT2D eigenvalue weighted by molar-refractivity contribution is 5.92. The number of hydrogen-bond donors (Lipinski definition) is 0. The van der Waals surface area contributed by atoms with Crippen LogP contribution in [0.25, 0.3) is 28.3 Å². The molecule has 0 spiro atoms. The van der Waals surface area contributed by atoms with Crippen LogP contribution in [0.5, 0.6) is 0 Å². The molecule has 0 saturated heterocycles. The predicted molar refractivity (Wildman–Crippen MR) is 141 cm³/mol. The van der Waals surface area contributed by atoms with Crippen LogP contribution in [0, 0.1) is 0 Å². The van der Waals surface area contributed by atoms with Crippen LogP contribution in [0.1, 0.15) is 42.7 Å². The molecule has 2 aromatic heterocycles. The Morgan fingerprint density at radius 2 is 1.79 bits per heavy atom. The Hall–Kier alpha value is -3.59. The van der Waals surface area contributed by atoms with Crippen molar-refractivity contribution in [2.75, 3.05) is 0 Å². The second kappa shape index (κ2) is 10.8. The lowest BCUT2D eigenvalue weighted by Crippen LogP contribution is -1.95. The van der Waals surface area contributed by atoms with E-state index < -0.39 is 0 Å². The van der Waals surface area contributed by atoms with E-state index in [4.69, 9.17) is 4.42 Å². The van der Waals surface area contributed by atoms with E-state index in [1.54, 1.807) is 0 Å². The van der Waals surface area contributed by atoms with Crippen molar-refractivity contribution in [3.05, 3.63) is 101 Å². The Labute approximate surface area is 196 Å². The van der Waals surface area contributed by atoms with Crippen LogP contribution in [-0.2, 0) is 26.4 Å². The van der Waals surface area contributed by atoms with Gasteiger partial charge in [0.2, 0.25) is 0 Å². The van der Waals surface area contributed by atoms with E-state index in [9.17, 15) is 0 Å². The van der Waals surface area contributed by atoms with E-state index in [1.165, 1.54) is 33.3 Å². The summed E-state index contributed by atoms with van der Waals surface area (Å²) in [5.74, 6) is 1.14. The maximum Gasteiger partial charge on any atom is 0.138 e. The van der Waals surface area contributed by atoms with Gasteiger partial charge in [-0.05, 0) is 42.2 Å². The topological polar surface area (TPSA) is 30.4 Å². The Morgan fingerprint density at radius 3 is 2.58 bits per heavy atom. The monoisotopic (exact) mass is 436 g/mol. The first-order valence-electron chi connectivity index (χ1n) is 11.9. The highest BCUT2D eigenvalue weighted by Gasteiger charge is 2.18. The number of benzene rings is 2. The van der Waals surface area contributed by atoms with Crippen LogP contribution >= 0.6 is 0 Å². The Morgan fingerprint density at radius 1 is 0.939 bits per heavy atom. The minimum atomic E-state index is 0.747. The molecule has 0 amide bonds. The molecule has 0 unspecified atom stereocenters. The van der Waals surface area contributed by atoms with Gasteiger partial charge in [0.1, 0.15) is 11.3 Å². The van der Waals surface area contributed by atoms with Gasteiger partial charge < -0.3 is 8.98 Å². The minimum absolute atomic E-state index is 0.747.